The predicted molar refractivity (Wildman–Crippen MR) is 95.9 cm³/mol. The Balaban J connectivity index is 2.17. The smallest absolute Gasteiger partial charge is 0.146 e. The summed E-state index contributed by atoms with van der Waals surface area (Å²) in [7, 11) is 4.35. The van der Waals surface area contributed by atoms with Gasteiger partial charge in [-0.05, 0) is 49.0 Å². The zero-order chi connectivity index (χ0) is 15.6. The van der Waals surface area contributed by atoms with Gasteiger partial charge in [-0.15, -0.1) is 0 Å². The van der Waals surface area contributed by atoms with Crippen molar-refractivity contribution < 1.29 is 0 Å². The standard InChI is InChI=1S/C15H24ClIN4/c1-10(2)7-12-14(17)15(16)19-13(18-12)8-11-9-20(3)5-6-21(11)4/h10-11H,5-9H2,1-4H3. The van der Waals surface area contributed by atoms with E-state index in [-0.39, 0.29) is 0 Å². The molecule has 0 aromatic carbocycles. The molecule has 1 aromatic heterocycles. The molecule has 1 unspecified atom stereocenters. The summed E-state index contributed by atoms with van der Waals surface area (Å²) in [6, 6.07) is 0.465. The number of aromatic nitrogens is 2. The number of piperazine rings is 1. The molecule has 0 radical (unpaired) electrons. The maximum atomic E-state index is 6.30. The van der Waals surface area contributed by atoms with Gasteiger partial charge in [-0.1, -0.05) is 25.4 Å². The normalized spacial score (nSPS) is 21.2. The average Bonchev–Trinajstić information content (AvgIpc) is 2.39. The van der Waals surface area contributed by atoms with Crippen LogP contribution in [0.15, 0.2) is 0 Å². The second kappa shape index (κ2) is 7.53. The highest BCUT2D eigenvalue weighted by Crippen LogP contribution is 2.22. The molecule has 0 amide bonds. The number of halogens is 2. The van der Waals surface area contributed by atoms with Gasteiger partial charge >= 0.3 is 0 Å². The SMILES string of the molecule is CC(C)Cc1nc(CC2CN(C)CCN2C)nc(Cl)c1I. The summed E-state index contributed by atoms with van der Waals surface area (Å²) < 4.78 is 1.00. The van der Waals surface area contributed by atoms with E-state index in [1.807, 2.05) is 0 Å². The molecule has 1 fully saturated rings. The number of nitrogens with zero attached hydrogens (tertiary/aromatic N) is 4. The van der Waals surface area contributed by atoms with Crippen LogP contribution in [0.4, 0.5) is 0 Å². The van der Waals surface area contributed by atoms with Gasteiger partial charge in [-0.3, -0.25) is 0 Å². The molecule has 118 valence electrons. The molecule has 1 aromatic rings. The van der Waals surface area contributed by atoms with Gasteiger partial charge < -0.3 is 9.80 Å². The van der Waals surface area contributed by atoms with Crippen molar-refractivity contribution in [1.82, 2.24) is 19.8 Å². The Hall–Kier alpha value is 0.0200. The van der Waals surface area contributed by atoms with E-state index < -0.39 is 0 Å². The first kappa shape index (κ1) is 17.4. The Morgan fingerprint density at radius 2 is 2.00 bits per heavy atom. The van der Waals surface area contributed by atoms with Crippen molar-refractivity contribution in [3.8, 4) is 0 Å². The molecule has 1 atom stereocenters. The van der Waals surface area contributed by atoms with Crippen molar-refractivity contribution in [2.75, 3.05) is 33.7 Å². The fourth-order valence-electron chi connectivity index (χ4n) is 2.66. The second-order valence-electron chi connectivity index (χ2n) is 6.39. The van der Waals surface area contributed by atoms with Crippen LogP contribution in [0.5, 0.6) is 0 Å². The summed E-state index contributed by atoms with van der Waals surface area (Å²) in [5.41, 5.74) is 1.09. The van der Waals surface area contributed by atoms with Crippen molar-refractivity contribution in [1.29, 1.82) is 0 Å². The van der Waals surface area contributed by atoms with Crippen LogP contribution in [0.2, 0.25) is 5.15 Å². The van der Waals surface area contributed by atoms with E-state index in [1.54, 1.807) is 0 Å². The van der Waals surface area contributed by atoms with E-state index in [2.05, 4.69) is 65.3 Å². The minimum atomic E-state index is 0.465. The van der Waals surface area contributed by atoms with E-state index in [9.17, 15) is 0 Å². The van der Waals surface area contributed by atoms with E-state index in [0.29, 0.717) is 17.1 Å². The topological polar surface area (TPSA) is 32.3 Å². The molecule has 0 saturated carbocycles. The summed E-state index contributed by atoms with van der Waals surface area (Å²) in [5.74, 6) is 1.45. The van der Waals surface area contributed by atoms with Crippen LogP contribution in [0, 0.1) is 9.49 Å². The summed E-state index contributed by atoms with van der Waals surface area (Å²) in [6.07, 6.45) is 1.82. The maximum Gasteiger partial charge on any atom is 0.146 e. The summed E-state index contributed by atoms with van der Waals surface area (Å²) in [6.45, 7) is 7.69. The lowest BCUT2D eigenvalue weighted by Crippen LogP contribution is -2.51. The maximum absolute atomic E-state index is 6.30. The van der Waals surface area contributed by atoms with Crippen LogP contribution in [0.3, 0.4) is 0 Å². The molecule has 0 spiro atoms. The molecule has 1 aliphatic heterocycles. The average molecular weight is 423 g/mol. The Morgan fingerprint density at radius 3 is 2.67 bits per heavy atom. The third-order valence-electron chi connectivity index (χ3n) is 3.93. The fourth-order valence-corrected chi connectivity index (χ4v) is 3.33. The minimum absolute atomic E-state index is 0.465. The molecule has 0 bridgehead atoms. The highest BCUT2D eigenvalue weighted by molar-refractivity contribution is 14.1. The molecule has 21 heavy (non-hydrogen) atoms. The third kappa shape index (κ3) is 4.74. The van der Waals surface area contributed by atoms with Gasteiger partial charge in [-0.25, -0.2) is 9.97 Å². The summed E-state index contributed by atoms with van der Waals surface area (Å²) in [4.78, 5) is 14.0. The molecule has 4 nitrogen and oxygen atoms in total. The van der Waals surface area contributed by atoms with Crippen LogP contribution in [-0.2, 0) is 12.8 Å². The third-order valence-corrected chi connectivity index (χ3v) is 5.65. The molecule has 2 rings (SSSR count). The fraction of sp³-hybridized carbons (Fsp3) is 0.733. The molecule has 2 heterocycles. The Kier molecular flexibility index (Phi) is 6.23. The van der Waals surface area contributed by atoms with E-state index in [4.69, 9.17) is 16.6 Å². The summed E-state index contributed by atoms with van der Waals surface area (Å²) >= 11 is 8.56. The van der Waals surface area contributed by atoms with Gasteiger partial charge in [0.05, 0.1) is 9.26 Å². The highest BCUT2D eigenvalue weighted by atomic mass is 127. The first-order chi connectivity index (χ1) is 9.86. The zero-order valence-electron chi connectivity index (χ0n) is 13.2. The molecule has 6 heteroatoms. The monoisotopic (exact) mass is 422 g/mol. The quantitative estimate of drug-likeness (QED) is 0.552. The van der Waals surface area contributed by atoms with Gasteiger partial charge in [0, 0.05) is 32.1 Å². The van der Waals surface area contributed by atoms with Crippen molar-refractivity contribution in [2.24, 2.45) is 5.92 Å². The predicted octanol–water partition coefficient (Wildman–Crippen LogP) is 2.72. The van der Waals surface area contributed by atoms with Gasteiger partial charge in [0.1, 0.15) is 11.0 Å². The molecular weight excluding hydrogens is 399 g/mol. The first-order valence-corrected chi connectivity index (χ1v) is 8.92. The largest absolute Gasteiger partial charge is 0.304 e. The minimum Gasteiger partial charge on any atom is -0.304 e. The lowest BCUT2D eigenvalue weighted by molar-refractivity contribution is 0.113. The Bertz CT molecular complexity index is 495. The van der Waals surface area contributed by atoms with E-state index in [1.165, 1.54) is 0 Å². The van der Waals surface area contributed by atoms with Gasteiger partial charge in [0.2, 0.25) is 0 Å². The number of hydrogen-bond acceptors (Lipinski definition) is 4. The van der Waals surface area contributed by atoms with Crippen LogP contribution >= 0.6 is 34.2 Å². The van der Waals surface area contributed by atoms with Crippen LogP contribution in [-0.4, -0.2) is 59.5 Å². The van der Waals surface area contributed by atoms with E-state index in [0.717, 1.165) is 47.6 Å². The highest BCUT2D eigenvalue weighted by Gasteiger charge is 2.24. The first-order valence-electron chi connectivity index (χ1n) is 7.46. The van der Waals surface area contributed by atoms with Crippen molar-refractivity contribution >= 4 is 34.2 Å². The lowest BCUT2D eigenvalue weighted by atomic mass is 10.1. The van der Waals surface area contributed by atoms with Crippen LogP contribution in [0.1, 0.15) is 25.4 Å². The molecule has 1 saturated heterocycles. The van der Waals surface area contributed by atoms with Crippen LogP contribution in [0.25, 0.3) is 0 Å². The molecule has 1 aliphatic rings. The second-order valence-corrected chi connectivity index (χ2v) is 7.83. The van der Waals surface area contributed by atoms with Crippen molar-refractivity contribution in [3.05, 3.63) is 20.2 Å². The Morgan fingerprint density at radius 1 is 1.29 bits per heavy atom. The number of hydrogen-bond donors (Lipinski definition) is 0. The molecule has 0 aliphatic carbocycles. The van der Waals surface area contributed by atoms with Crippen LogP contribution < -0.4 is 0 Å². The Labute approximate surface area is 146 Å². The van der Waals surface area contributed by atoms with Gasteiger partial charge in [0.25, 0.3) is 0 Å². The molecular formula is C15H24ClIN4. The van der Waals surface area contributed by atoms with Crippen molar-refractivity contribution in [3.63, 3.8) is 0 Å². The number of rotatable bonds is 4. The van der Waals surface area contributed by atoms with Gasteiger partial charge in [-0.2, -0.15) is 0 Å². The molecule has 0 N–H and O–H groups in total. The lowest BCUT2D eigenvalue weighted by Gasteiger charge is -2.37. The van der Waals surface area contributed by atoms with Crippen molar-refractivity contribution in [2.45, 2.75) is 32.7 Å². The van der Waals surface area contributed by atoms with Gasteiger partial charge in [0.15, 0.2) is 0 Å². The summed E-state index contributed by atoms with van der Waals surface area (Å²) in [5, 5.41) is 0.600. The number of likely N-dealkylation sites (N-methyl/N-ethyl adjacent to an activating group) is 2. The van der Waals surface area contributed by atoms with E-state index >= 15 is 0 Å². The zero-order valence-corrected chi connectivity index (χ0v) is 16.1.